The van der Waals surface area contributed by atoms with Gasteiger partial charge in [-0.2, -0.15) is 0 Å². The summed E-state index contributed by atoms with van der Waals surface area (Å²) in [5.74, 6) is 0.713. The predicted molar refractivity (Wildman–Crippen MR) is 117 cm³/mol. The zero-order chi connectivity index (χ0) is 23.5. The minimum Gasteiger partial charge on any atom is -0.479 e. The van der Waals surface area contributed by atoms with E-state index in [1.165, 1.54) is 24.4 Å². The van der Waals surface area contributed by atoms with Crippen LogP contribution in [-0.4, -0.2) is 36.3 Å². The van der Waals surface area contributed by atoms with E-state index >= 15 is 0 Å². The molecule has 32 heavy (non-hydrogen) atoms. The Morgan fingerprint density at radius 2 is 2.19 bits per heavy atom. The molecule has 0 fully saturated rings. The fourth-order valence-corrected chi connectivity index (χ4v) is 3.70. The Balaban J connectivity index is 1.94. The molecule has 3 N–H and O–H groups in total. The highest BCUT2D eigenvalue weighted by Gasteiger charge is 2.47. The molecule has 1 unspecified atom stereocenters. The minimum absolute atomic E-state index is 0.0468. The van der Waals surface area contributed by atoms with Crippen LogP contribution in [0.2, 0.25) is 5.02 Å². The molecule has 7 nitrogen and oxygen atoms in total. The number of amidine groups is 1. The number of benzene rings is 1. The second-order valence-corrected chi connectivity index (χ2v) is 7.64. The lowest BCUT2D eigenvalue weighted by molar-refractivity contribution is 0.0510. The monoisotopic (exact) mass is 462 g/mol. The smallest absolute Gasteiger partial charge is 0.283 e. The first kappa shape index (κ1) is 23.3. The van der Waals surface area contributed by atoms with Crippen molar-refractivity contribution >= 4 is 29.2 Å². The van der Waals surface area contributed by atoms with Crippen molar-refractivity contribution in [1.82, 2.24) is 4.98 Å². The van der Waals surface area contributed by atoms with Gasteiger partial charge in [-0.15, -0.1) is 6.42 Å². The number of terminal acetylenes is 1. The lowest BCUT2D eigenvalue weighted by atomic mass is 9.77. The number of nitrogens with zero attached hydrogens (tertiary/aromatic N) is 2. The molecule has 1 aromatic heterocycles. The topological polar surface area (TPSA) is 98.8 Å². The van der Waals surface area contributed by atoms with Crippen LogP contribution in [0.3, 0.4) is 0 Å². The number of aliphatic imine (C=N–C) groups is 1. The van der Waals surface area contributed by atoms with Gasteiger partial charge in [0.1, 0.15) is 42.2 Å². The summed E-state index contributed by atoms with van der Waals surface area (Å²) < 4.78 is 39.6. The summed E-state index contributed by atoms with van der Waals surface area (Å²) in [5.41, 5.74) is 4.30. The largest absolute Gasteiger partial charge is 0.479 e. The summed E-state index contributed by atoms with van der Waals surface area (Å²) >= 11 is 6.19. The molecular weight excluding hydrogens is 442 g/mol. The van der Waals surface area contributed by atoms with Crippen LogP contribution in [0.15, 0.2) is 35.5 Å². The Morgan fingerprint density at radius 1 is 1.44 bits per heavy atom. The van der Waals surface area contributed by atoms with Gasteiger partial charge >= 0.3 is 0 Å². The van der Waals surface area contributed by atoms with Gasteiger partial charge in [0.25, 0.3) is 11.9 Å². The molecule has 1 aliphatic rings. The van der Waals surface area contributed by atoms with E-state index < -0.39 is 36.0 Å². The summed E-state index contributed by atoms with van der Waals surface area (Å²) in [7, 11) is 0. The van der Waals surface area contributed by atoms with Crippen molar-refractivity contribution in [2.24, 2.45) is 16.6 Å². The number of hydrogen-bond donors (Lipinski definition) is 2. The number of carbonyl (C=O) groups is 1. The fourth-order valence-electron chi connectivity index (χ4n) is 3.43. The second-order valence-electron chi connectivity index (χ2n) is 7.27. The molecule has 1 aliphatic heterocycles. The van der Waals surface area contributed by atoms with E-state index in [0.717, 1.165) is 6.07 Å². The van der Waals surface area contributed by atoms with Crippen molar-refractivity contribution in [2.45, 2.75) is 25.5 Å². The maximum absolute atomic E-state index is 14.7. The molecular formula is C22H21ClF2N4O3. The first-order valence-corrected chi connectivity index (χ1v) is 10.0. The number of rotatable bonds is 6. The van der Waals surface area contributed by atoms with E-state index in [1.807, 2.05) is 0 Å². The van der Waals surface area contributed by atoms with Gasteiger partial charge in [0.15, 0.2) is 0 Å². The highest BCUT2D eigenvalue weighted by Crippen LogP contribution is 2.44. The third kappa shape index (κ3) is 4.46. The zero-order valence-corrected chi connectivity index (χ0v) is 18.1. The summed E-state index contributed by atoms with van der Waals surface area (Å²) in [6.07, 6.45) is 5.96. The molecule has 0 saturated carbocycles. The Hall–Kier alpha value is -3.38. The van der Waals surface area contributed by atoms with Crippen molar-refractivity contribution in [3.8, 4) is 18.1 Å². The number of amides is 1. The van der Waals surface area contributed by atoms with Gasteiger partial charge in [0.2, 0.25) is 0 Å². The van der Waals surface area contributed by atoms with Crippen LogP contribution < -0.4 is 15.8 Å². The standard InChI is InChI=1S/C22H21ClF2N4O3/c1-4-7-31-15-5-6-18(27-10-15)20(30)28-14-8-16(19(23)17(25)9-14)22(11-24)12(2)13(3)32-21(26)29-22/h1,5-6,8-10,12-13H,7,11H2,2-3H3,(H2,26,29)(H,28,30)/t12-,13?,22-/m1/s1. The van der Waals surface area contributed by atoms with Crippen LogP contribution in [0, 0.1) is 24.1 Å². The number of ether oxygens (including phenoxy) is 2. The first-order valence-electron chi connectivity index (χ1n) is 9.63. The van der Waals surface area contributed by atoms with Gasteiger partial charge in [-0.3, -0.25) is 4.79 Å². The Morgan fingerprint density at radius 3 is 2.81 bits per heavy atom. The number of hydrogen-bond acceptors (Lipinski definition) is 6. The minimum atomic E-state index is -1.57. The number of aromatic nitrogens is 1. The summed E-state index contributed by atoms with van der Waals surface area (Å²) in [4.78, 5) is 20.7. The number of nitrogens with two attached hydrogens (primary N) is 1. The van der Waals surface area contributed by atoms with Crippen molar-refractivity contribution < 1.29 is 23.0 Å². The highest BCUT2D eigenvalue weighted by atomic mass is 35.5. The number of halogens is 3. The number of nitrogens with one attached hydrogen (secondary N) is 1. The zero-order valence-electron chi connectivity index (χ0n) is 17.4. The number of anilines is 1. The molecule has 1 aromatic carbocycles. The predicted octanol–water partition coefficient (Wildman–Crippen LogP) is 3.67. The van der Waals surface area contributed by atoms with Crippen LogP contribution >= 0.6 is 11.6 Å². The van der Waals surface area contributed by atoms with Gasteiger partial charge in [-0.25, -0.2) is 18.8 Å². The molecule has 0 radical (unpaired) electrons. The maximum atomic E-state index is 14.7. The molecule has 2 heterocycles. The van der Waals surface area contributed by atoms with Crippen molar-refractivity contribution in [2.75, 3.05) is 18.6 Å². The first-order chi connectivity index (χ1) is 15.2. The van der Waals surface area contributed by atoms with E-state index in [2.05, 4.69) is 21.2 Å². The normalized spacial score (nSPS) is 22.3. The lowest BCUT2D eigenvalue weighted by Crippen LogP contribution is -2.48. The Bertz CT molecular complexity index is 1090. The summed E-state index contributed by atoms with van der Waals surface area (Å²) in [6, 6.07) is 5.12. The Kier molecular flexibility index (Phi) is 6.84. The molecule has 0 spiro atoms. The average molecular weight is 463 g/mol. The summed E-state index contributed by atoms with van der Waals surface area (Å²) in [5, 5.41) is 2.23. The summed E-state index contributed by atoms with van der Waals surface area (Å²) in [6.45, 7) is 2.47. The van der Waals surface area contributed by atoms with Crippen molar-refractivity contribution in [1.29, 1.82) is 0 Å². The molecule has 1 amide bonds. The van der Waals surface area contributed by atoms with Crippen LogP contribution in [0.5, 0.6) is 5.75 Å². The van der Waals surface area contributed by atoms with Crippen LogP contribution in [0.1, 0.15) is 29.9 Å². The maximum Gasteiger partial charge on any atom is 0.283 e. The van der Waals surface area contributed by atoms with Gasteiger partial charge in [0, 0.05) is 17.2 Å². The number of pyridine rings is 1. The van der Waals surface area contributed by atoms with E-state index in [4.69, 9.17) is 33.2 Å². The lowest BCUT2D eigenvalue weighted by Gasteiger charge is -2.41. The van der Waals surface area contributed by atoms with Gasteiger partial charge in [0.05, 0.1) is 11.2 Å². The van der Waals surface area contributed by atoms with Crippen molar-refractivity contribution in [3.05, 3.63) is 52.6 Å². The van der Waals surface area contributed by atoms with E-state index in [9.17, 15) is 13.6 Å². The third-order valence-electron chi connectivity index (χ3n) is 5.32. The highest BCUT2D eigenvalue weighted by molar-refractivity contribution is 6.31. The Labute approximate surface area is 189 Å². The molecule has 0 saturated heterocycles. The molecule has 0 aliphatic carbocycles. The van der Waals surface area contributed by atoms with Crippen molar-refractivity contribution in [3.63, 3.8) is 0 Å². The fraction of sp³-hybridized carbons (Fsp3) is 0.318. The number of alkyl halides is 1. The second kappa shape index (κ2) is 9.40. The molecule has 0 bridgehead atoms. The average Bonchev–Trinajstić information content (AvgIpc) is 2.77. The number of carbonyl (C=O) groups excluding carboxylic acids is 1. The molecule has 2 aromatic rings. The van der Waals surface area contributed by atoms with E-state index in [0.29, 0.717) is 5.75 Å². The third-order valence-corrected chi connectivity index (χ3v) is 5.71. The van der Waals surface area contributed by atoms with Gasteiger partial charge < -0.3 is 20.5 Å². The quantitative estimate of drug-likeness (QED) is 0.638. The molecule has 168 valence electrons. The van der Waals surface area contributed by atoms with Gasteiger partial charge in [-0.1, -0.05) is 24.4 Å². The van der Waals surface area contributed by atoms with Crippen LogP contribution in [-0.2, 0) is 10.3 Å². The van der Waals surface area contributed by atoms with Gasteiger partial charge in [-0.05, 0) is 31.2 Å². The van der Waals surface area contributed by atoms with Crippen LogP contribution in [0.25, 0.3) is 0 Å². The molecule has 10 heteroatoms. The van der Waals surface area contributed by atoms with E-state index in [1.54, 1.807) is 13.8 Å². The molecule has 3 atom stereocenters. The molecule has 3 rings (SSSR count). The SMILES string of the molecule is C#CCOc1ccc(C(=O)Nc2cc(F)c(Cl)c([C@]3(CF)N=C(N)OC(C)[C@H]3C)c2)nc1. The van der Waals surface area contributed by atoms with E-state index in [-0.39, 0.29) is 34.6 Å². The van der Waals surface area contributed by atoms with Crippen LogP contribution in [0.4, 0.5) is 14.5 Å².